The minimum absolute atomic E-state index is 0.0121. The van der Waals surface area contributed by atoms with Crippen molar-refractivity contribution in [2.24, 2.45) is 0 Å². The summed E-state index contributed by atoms with van der Waals surface area (Å²) in [7, 11) is -4.11. The number of methoxy groups -OCH3 is 1. The van der Waals surface area contributed by atoms with Gasteiger partial charge in [-0.05, 0) is 18.2 Å². The van der Waals surface area contributed by atoms with Crippen molar-refractivity contribution < 1.29 is 67.1 Å². The summed E-state index contributed by atoms with van der Waals surface area (Å²) in [5, 5.41) is 39.9. The molecule has 2 aliphatic rings. The van der Waals surface area contributed by atoms with Gasteiger partial charge in [0.1, 0.15) is 42.5 Å². The van der Waals surface area contributed by atoms with Gasteiger partial charge in [0.25, 0.3) is 0 Å². The summed E-state index contributed by atoms with van der Waals surface area (Å²) in [4.78, 5) is 28.5. The molecule has 0 bridgehead atoms. The molecule has 17 nitrogen and oxygen atoms in total. The third-order valence-corrected chi connectivity index (χ3v) is 9.28. The zero-order valence-corrected chi connectivity index (χ0v) is 23.1. The van der Waals surface area contributed by atoms with Gasteiger partial charge < -0.3 is 59.4 Å². The molecule has 39 heavy (non-hydrogen) atoms. The van der Waals surface area contributed by atoms with Crippen molar-refractivity contribution in [1.82, 2.24) is 9.97 Å². The van der Waals surface area contributed by atoms with Crippen molar-refractivity contribution in [3.05, 3.63) is 24.9 Å². The molecule has 0 amide bonds. The van der Waals surface area contributed by atoms with Gasteiger partial charge in [0.05, 0.1) is 25.1 Å². The van der Waals surface area contributed by atoms with Crippen LogP contribution in [-0.4, -0.2) is 103 Å². The second kappa shape index (κ2) is 13.7. The Morgan fingerprint density at radius 3 is 2.59 bits per heavy atom. The van der Waals surface area contributed by atoms with Gasteiger partial charge in [0.2, 0.25) is 0 Å². The standard InChI is InChI=1S/C19H31N3O14P2S/c1-3-31-16-13(21-8-22-18(16)20)11-6-9(24)12(33-11)7-32-38(29,39)36-37(27,28)35-19-17(30-2)15(26)14(25)10(34-19)4-5-23/h3,8-12,14-15,17,19,23-26H,1,4-7H2,2H3,(H,27,28)(H,29,39)(H2,20,21,22)/t9-,10?,11?,12+,14?,15?,17?,19?,38?/m0/s1. The molecule has 0 aromatic carbocycles. The van der Waals surface area contributed by atoms with Gasteiger partial charge in [-0.1, -0.05) is 6.58 Å². The van der Waals surface area contributed by atoms with Crippen LogP contribution in [0.2, 0.25) is 0 Å². The summed E-state index contributed by atoms with van der Waals surface area (Å²) in [5.74, 6) is 0.0939. The molecular formula is C19H31N3O14P2S. The fraction of sp³-hybridized carbons (Fsp3) is 0.684. The molecule has 2 fully saturated rings. The maximum Gasteiger partial charge on any atom is 0.481 e. The number of aliphatic hydroxyl groups is 4. The van der Waals surface area contributed by atoms with E-state index in [4.69, 9.17) is 50.6 Å². The van der Waals surface area contributed by atoms with E-state index in [1.54, 1.807) is 0 Å². The van der Waals surface area contributed by atoms with Gasteiger partial charge in [-0.15, -0.1) is 0 Å². The fourth-order valence-corrected chi connectivity index (χ4v) is 7.06. The molecule has 3 rings (SSSR count). The molecule has 2 aliphatic heterocycles. The number of aliphatic hydroxyl groups excluding tert-OH is 4. The SMILES string of the molecule is C=COc1c(N)ncnc1C1C[C@H](O)[C@@H](COP(O)(=S)OP(=O)(O)OC2OC(CCO)C(O)C(O)C2OC)O1. The summed E-state index contributed by atoms with van der Waals surface area (Å²) in [6.07, 6.45) is -8.34. The summed E-state index contributed by atoms with van der Waals surface area (Å²) in [6.45, 7) is -2.03. The number of hydrogen-bond donors (Lipinski definition) is 7. The Balaban J connectivity index is 1.61. The van der Waals surface area contributed by atoms with E-state index in [1.165, 1.54) is 6.33 Å². The molecule has 8 N–H and O–H groups in total. The van der Waals surface area contributed by atoms with Crippen molar-refractivity contribution in [3.8, 4) is 5.75 Å². The normalized spacial score (nSPS) is 34.2. The van der Waals surface area contributed by atoms with E-state index in [1.807, 2.05) is 0 Å². The fourth-order valence-electron chi connectivity index (χ4n) is 3.97. The Labute approximate surface area is 227 Å². The van der Waals surface area contributed by atoms with Crippen LogP contribution >= 0.6 is 14.5 Å². The van der Waals surface area contributed by atoms with E-state index in [-0.39, 0.29) is 30.1 Å². The predicted molar refractivity (Wildman–Crippen MR) is 133 cm³/mol. The number of anilines is 1. The summed E-state index contributed by atoms with van der Waals surface area (Å²) in [6, 6.07) is 0. The number of nitrogens with two attached hydrogens (primary N) is 1. The predicted octanol–water partition coefficient (Wildman–Crippen LogP) is -1.02. The first kappa shape index (κ1) is 32.3. The first-order valence-electron chi connectivity index (χ1n) is 11.4. The minimum Gasteiger partial charge on any atom is -0.460 e. The maximum absolute atomic E-state index is 12.6. The minimum atomic E-state index is -5.23. The monoisotopic (exact) mass is 619 g/mol. The lowest BCUT2D eigenvalue weighted by molar-refractivity contribution is -0.282. The Kier molecular flexibility index (Phi) is 11.3. The van der Waals surface area contributed by atoms with E-state index in [9.17, 15) is 29.7 Å². The number of phosphoric acid groups is 1. The molecule has 0 spiro atoms. The van der Waals surface area contributed by atoms with Gasteiger partial charge in [-0.3, -0.25) is 4.52 Å². The van der Waals surface area contributed by atoms with Crippen LogP contribution in [0.3, 0.4) is 0 Å². The molecule has 2 saturated heterocycles. The zero-order chi connectivity index (χ0) is 29.0. The van der Waals surface area contributed by atoms with Crippen LogP contribution in [0.4, 0.5) is 5.82 Å². The van der Waals surface area contributed by atoms with Crippen LogP contribution in [0.1, 0.15) is 24.6 Å². The van der Waals surface area contributed by atoms with Crippen molar-refractivity contribution in [2.75, 3.05) is 26.1 Å². The highest BCUT2D eigenvalue weighted by molar-refractivity contribution is 8.08. The highest BCUT2D eigenvalue weighted by Gasteiger charge is 2.49. The van der Waals surface area contributed by atoms with Crippen LogP contribution in [0.25, 0.3) is 0 Å². The average Bonchev–Trinajstić information content (AvgIpc) is 3.22. The molecule has 20 heteroatoms. The van der Waals surface area contributed by atoms with Gasteiger partial charge in [-0.25, -0.2) is 18.8 Å². The first-order chi connectivity index (χ1) is 18.3. The Bertz CT molecular complexity index is 1090. The van der Waals surface area contributed by atoms with E-state index >= 15 is 0 Å². The topological polar surface area (TPSA) is 255 Å². The van der Waals surface area contributed by atoms with E-state index in [0.717, 1.165) is 13.4 Å². The summed E-state index contributed by atoms with van der Waals surface area (Å²) >= 11 is 4.80. The maximum atomic E-state index is 12.6. The van der Waals surface area contributed by atoms with Crippen LogP contribution in [0.5, 0.6) is 5.75 Å². The quantitative estimate of drug-likeness (QED) is 0.103. The lowest BCUT2D eigenvalue weighted by Gasteiger charge is -2.41. The lowest BCUT2D eigenvalue weighted by atomic mass is 9.97. The lowest BCUT2D eigenvalue weighted by Crippen LogP contribution is -2.58. The van der Waals surface area contributed by atoms with Crippen molar-refractivity contribution in [1.29, 1.82) is 0 Å². The number of aromatic nitrogens is 2. The number of ether oxygens (including phenoxy) is 4. The molecule has 222 valence electrons. The average molecular weight is 619 g/mol. The van der Waals surface area contributed by atoms with Crippen LogP contribution in [0.15, 0.2) is 19.2 Å². The van der Waals surface area contributed by atoms with Gasteiger partial charge >= 0.3 is 14.5 Å². The molecular weight excluding hydrogens is 588 g/mol. The Hall–Kier alpha value is -1.18. The number of phosphoric ester groups is 1. The third kappa shape index (κ3) is 8.19. The Morgan fingerprint density at radius 2 is 1.95 bits per heavy atom. The van der Waals surface area contributed by atoms with Gasteiger partial charge in [0.15, 0.2) is 17.9 Å². The van der Waals surface area contributed by atoms with E-state index in [2.05, 4.69) is 20.9 Å². The molecule has 3 heterocycles. The largest absolute Gasteiger partial charge is 0.481 e. The number of rotatable bonds is 13. The van der Waals surface area contributed by atoms with Crippen molar-refractivity contribution in [2.45, 2.75) is 61.9 Å². The second-order valence-electron chi connectivity index (χ2n) is 8.38. The number of nitrogens with zero attached hydrogens (tertiary/aromatic N) is 2. The molecule has 0 saturated carbocycles. The van der Waals surface area contributed by atoms with E-state index < -0.39 is 76.8 Å². The first-order valence-corrected chi connectivity index (χ1v) is 15.5. The molecule has 8 unspecified atom stereocenters. The number of hydrogen-bond acceptors (Lipinski definition) is 16. The smallest absolute Gasteiger partial charge is 0.460 e. The second-order valence-corrected chi connectivity index (χ2v) is 12.8. The van der Waals surface area contributed by atoms with Crippen LogP contribution in [-0.2, 0) is 43.9 Å². The highest BCUT2D eigenvalue weighted by atomic mass is 32.5. The number of nitrogen functional groups attached to an aromatic ring is 1. The molecule has 10 atom stereocenters. The summed E-state index contributed by atoms with van der Waals surface area (Å²) < 4.78 is 48.6. The summed E-state index contributed by atoms with van der Waals surface area (Å²) in [5.41, 5.74) is 6.02. The van der Waals surface area contributed by atoms with Crippen LogP contribution < -0.4 is 10.5 Å². The molecule has 1 aromatic rings. The van der Waals surface area contributed by atoms with E-state index in [0.29, 0.717) is 0 Å². The van der Waals surface area contributed by atoms with Gasteiger partial charge in [0, 0.05) is 20.1 Å². The third-order valence-electron chi connectivity index (χ3n) is 5.76. The molecule has 0 aliphatic carbocycles. The highest BCUT2D eigenvalue weighted by Crippen LogP contribution is 2.62. The molecule has 1 aromatic heterocycles. The van der Waals surface area contributed by atoms with Gasteiger partial charge in [-0.2, -0.15) is 0 Å². The molecule has 0 radical (unpaired) electrons. The van der Waals surface area contributed by atoms with Crippen molar-refractivity contribution >= 4 is 32.2 Å². The van der Waals surface area contributed by atoms with Crippen LogP contribution in [0, 0.1) is 0 Å². The zero-order valence-electron chi connectivity index (χ0n) is 20.5. The van der Waals surface area contributed by atoms with Crippen molar-refractivity contribution in [3.63, 3.8) is 0 Å². The Morgan fingerprint density at radius 1 is 1.23 bits per heavy atom.